The first-order valence-electron chi connectivity index (χ1n) is 4.67. The lowest BCUT2D eigenvalue weighted by atomic mass is 9.96. The molecule has 0 bridgehead atoms. The van der Waals surface area contributed by atoms with Gasteiger partial charge in [-0.1, -0.05) is 23.7 Å². The molecule has 0 saturated heterocycles. The topological polar surface area (TPSA) is 12.0 Å². The standard InChI is InChI=1S/C11H14ClN.ClH/c1-13-8-11(5-6-11)9-3-2-4-10(12)7-9;/h2-4,7,13H,5-6,8H2,1H3;1H. The Bertz CT molecular complexity index is 308. The molecule has 1 aliphatic carbocycles. The van der Waals surface area contributed by atoms with E-state index in [4.69, 9.17) is 11.6 Å². The molecular weight excluding hydrogens is 217 g/mol. The third kappa shape index (κ3) is 2.22. The first kappa shape index (κ1) is 11.8. The molecule has 0 heterocycles. The molecule has 0 spiro atoms. The van der Waals surface area contributed by atoms with Gasteiger partial charge >= 0.3 is 0 Å². The molecule has 1 aromatic rings. The van der Waals surface area contributed by atoms with Gasteiger partial charge in [0.05, 0.1) is 0 Å². The van der Waals surface area contributed by atoms with Crippen LogP contribution in [0.25, 0.3) is 0 Å². The van der Waals surface area contributed by atoms with Crippen molar-refractivity contribution < 1.29 is 0 Å². The van der Waals surface area contributed by atoms with E-state index in [0.29, 0.717) is 5.41 Å². The van der Waals surface area contributed by atoms with Crippen LogP contribution in [0.3, 0.4) is 0 Å². The summed E-state index contributed by atoms with van der Waals surface area (Å²) in [6.45, 7) is 1.06. The fourth-order valence-electron chi connectivity index (χ4n) is 1.88. The van der Waals surface area contributed by atoms with Crippen LogP contribution < -0.4 is 5.32 Å². The Kier molecular flexibility index (Phi) is 3.82. The third-order valence-electron chi connectivity index (χ3n) is 2.81. The smallest absolute Gasteiger partial charge is 0.0408 e. The van der Waals surface area contributed by atoms with Gasteiger partial charge in [-0.05, 0) is 37.6 Å². The molecule has 1 aromatic carbocycles. The molecular formula is C11H15Cl2N. The lowest BCUT2D eigenvalue weighted by molar-refractivity contribution is 0.624. The molecule has 0 aliphatic heterocycles. The van der Waals surface area contributed by atoms with Crippen molar-refractivity contribution in [2.75, 3.05) is 13.6 Å². The number of hydrogen-bond donors (Lipinski definition) is 1. The van der Waals surface area contributed by atoms with Crippen LogP contribution in [-0.4, -0.2) is 13.6 Å². The average Bonchev–Trinajstić information content (AvgIpc) is 2.86. The van der Waals surface area contributed by atoms with E-state index in [1.54, 1.807) is 0 Å². The monoisotopic (exact) mass is 231 g/mol. The summed E-state index contributed by atoms with van der Waals surface area (Å²) in [5, 5.41) is 4.09. The van der Waals surface area contributed by atoms with Crippen molar-refractivity contribution in [1.82, 2.24) is 5.32 Å². The zero-order chi connectivity index (χ0) is 9.31. The predicted molar refractivity (Wildman–Crippen MR) is 63.5 cm³/mol. The molecule has 14 heavy (non-hydrogen) atoms. The summed E-state index contributed by atoms with van der Waals surface area (Å²) in [5.41, 5.74) is 1.77. The van der Waals surface area contributed by atoms with Gasteiger partial charge in [-0.15, -0.1) is 12.4 Å². The van der Waals surface area contributed by atoms with Gasteiger partial charge in [0.1, 0.15) is 0 Å². The summed E-state index contributed by atoms with van der Waals surface area (Å²) in [5.74, 6) is 0. The number of halogens is 2. The normalized spacial score (nSPS) is 17.3. The second-order valence-electron chi connectivity index (χ2n) is 3.82. The van der Waals surface area contributed by atoms with Crippen LogP contribution in [0.15, 0.2) is 24.3 Å². The minimum Gasteiger partial charge on any atom is -0.319 e. The molecule has 1 saturated carbocycles. The second kappa shape index (κ2) is 4.52. The number of nitrogens with one attached hydrogen (secondary N) is 1. The van der Waals surface area contributed by atoms with Crippen LogP contribution in [0.1, 0.15) is 18.4 Å². The maximum absolute atomic E-state index is 5.96. The van der Waals surface area contributed by atoms with E-state index in [1.165, 1.54) is 18.4 Å². The van der Waals surface area contributed by atoms with Crippen molar-refractivity contribution in [3.05, 3.63) is 34.9 Å². The fourth-order valence-corrected chi connectivity index (χ4v) is 2.07. The van der Waals surface area contributed by atoms with Gasteiger partial charge in [0.25, 0.3) is 0 Å². The van der Waals surface area contributed by atoms with Gasteiger partial charge in [-0.3, -0.25) is 0 Å². The number of benzene rings is 1. The lowest BCUT2D eigenvalue weighted by Crippen LogP contribution is -2.23. The highest BCUT2D eigenvalue weighted by molar-refractivity contribution is 6.30. The Morgan fingerprint density at radius 1 is 1.43 bits per heavy atom. The number of rotatable bonds is 3. The Balaban J connectivity index is 0.000000980. The van der Waals surface area contributed by atoms with Gasteiger partial charge in [0.15, 0.2) is 0 Å². The third-order valence-corrected chi connectivity index (χ3v) is 3.04. The predicted octanol–water partition coefficient (Wildman–Crippen LogP) is 3.01. The van der Waals surface area contributed by atoms with Gasteiger partial charge in [0, 0.05) is 17.0 Å². The molecule has 0 atom stereocenters. The molecule has 0 amide bonds. The van der Waals surface area contributed by atoms with Crippen LogP contribution in [0.4, 0.5) is 0 Å². The van der Waals surface area contributed by atoms with Crippen molar-refractivity contribution in [3.8, 4) is 0 Å². The summed E-state index contributed by atoms with van der Waals surface area (Å²) >= 11 is 5.96. The molecule has 0 aromatic heterocycles. The molecule has 2 rings (SSSR count). The van der Waals surface area contributed by atoms with Crippen molar-refractivity contribution in [1.29, 1.82) is 0 Å². The number of likely N-dealkylation sites (N-methyl/N-ethyl adjacent to an activating group) is 1. The summed E-state index contributed by atoms with van der Waals surface area (Å²) in [6, 6.07) is 8.23. The molecule has 78 valence electrons. The van der Waals surface area contributed by atoms with E-state index >= 15 is 0 Å². The lowest BCUT2D eigenvalue weighted by Gasteiger charge is -2.14. The van der Waals surface area contributed by atoms with E-state index in [2.05, 4.69) is 17.4 Å². The van der Waals surface area contributed by atoms with E-state index in [-0.39, 0.29) is 12.4 Å². The average molecular weight is 232 g/mol. The molecule has 0 radical (unpaired) electrons. The van der Waals surface area contributed by atoms with Crippen LogP contribution in [0, 0.1) is 0 Å². The van der Waals surface area contributed by atoms with E-state index in [9.17, 15) is 0 Å². The second-order valence-corrected chi connectivity index (χ2v) is 4.26. The molecule has 3 heteroatoms. The van der Waals surface area contributed by atoms with Gasteiger partial charge < -0.3 is 5.32 Å². The van der Waals surface area contributed by atoms with Crippen LogP contribution in [-0.2, 0) is 5.41 Å². The zero-order valence-corrected chi connectivity index (χ0v) is 9.79. The van der Waals surface area contributed by atoms with Crippen molar-refractivity contribution >= 4 is 24.0 Å². The molecule has 1 fully saturated rings. The molecule has 1 N–H and O–H groups in total. The minimum absolute atomic E-state index is 0. The Labute approximate surface area is 96.3 Å². The van der Waals surface area contributed by atoms with E-state index in [0.717, 1.165) is 11.6 Å². The fraction of sp³-hybridized carbons (Fsp3) is 0.455. The first-order chi connectivity index (χ1) is 6.27. The SMILES string of the molecule is CNCC1(c2cccc(Cl)c2)CC1.Cl. The molecule has 1 nitrogen and oxygen atoms in total. The van der Waals surface area contributed by atoms with Gasteiger partial charge in [-0.25, -0.2) is 0 Å². The highest BCUT2D eigenvalue weighted by Crippen LogP contribution is 2.47. The summed E-state index contributed by atoms with van der Waals surface area (Å²) in [4.78, 5) is 0. The van der Waals surface area contributed by atoms with Crippen molar-refractivity contribution in [2.24, 2.45) is 0 Å². The Hall–Kier alpha value is -0.240. The first-order valence-corrected chi connectivity index (χ1v) is 5.05. The van der Waals surface area contributed by atoms with Crippen LogP contribution in [0.5, 0.6) is 0 Å². The van der Waals surface area contributed by atoms with Crippen LogP contribution >= 0.6 is 24.0 Å². The quantitative estimate of drug-likeness (QED) is 0.844. The summed E-state index contributed by atoms with van der Waals surface area (Å²) in [7, 11) is 2.00. The summed E-state index contributed by atoms with van der Waals surface area (Å²) < 4.78 is 0. The summed E-state index contributed by atoms with van der Waals surface area (Å²) in [6.07, 6.45) is 2.57. The largest absolute Gasteiger partial charge is 0.319 e. The van der Waals surface area contributed by atoms with E-state index < -0.39 is 0 Å². The Morgan fingerprint density at radius 3 is 2.64 bits per heavy atom. The highest BCUT2D eigenvalue weighted by atomic mass is 35.5. The van der Waals surface area contributed by atoms with Crippen molar-refractivity contribution in [2.45, 2.75) is 18.3 Å². The van der Waals surface area contributed by atoms with Crippen molar-refractivity contribution in [3.63, 3.8) is 0 Å². The molecule has 0 unspecified atom stereocenters. The minimum atomic E-state index is 0. The van der Waals surface area contributed by atoms with E-state index in [1.807, 2.05) is 19.2 Å². The zero-order valence-electron chi connectivity index (χ0n) is 8.22. The Morgan fingerprint density at radius 2 is 2.14 bits per heavy atom. The van der Waals surface area contributed by atoms with Crippen LogP contribution in [0.2, 0.25) is 5.02 Å². The highest BCUT2D eigenvalue weighted by Gasteiger charge is 2.43. The van der Waals surface area contributed by atoms with Gasteiger partial charge in [-0.2, -0.15) is 0 Å². The van der Waals surface area contributed by atoms with Gasteiger partial charge in [0.2, 0.25) is 0 Å². The molecule has 1 aliphatic rings. The maximum Gasteiger partial charge on any atom is 0.0408 e. The number of hydrogen-bond acceptors (Lipinski definition) is 1. The maximum atomic E-state index is 5.96.